The number of anilines is 3. The Morgan fingerprint density at radius 2 is 2.09 bits per heavy atom. The van der Waals surface area contributed by atoms with Crippen molar-refractivity contribution in [3.63, 3.8) is 0 Å². The second kappa shape index (κ2) is 10.7. The van der Waals surface area contributed by atoms with Crippen molar-refractivity contribution >= 4 is 35.2 Å². The molecular formula is C29H32N8O6. The minimum atomic E-state index is -0.616. The molecule has 43 heavy (non-hydrogen) atoms. The van der Waals surface area contributed by atoms with Crippen LogP contribution in [0.1, 0.15) is 36.0 Å². The summed E-state index contributed by atoms with van der Waals surface area (Å²) in [4.78, 5) is 49.6. The van der Waals surface area contributed by atoms with Crippen LogP contribution in [0.4, 0.5) is 22.1 Å². The van der Waals surface area contributed by atoms with E-state index in [9.17, 15) is 24.8 Å². The van der Waals surface area contributed by atoms with Gasteiger partial charge in [0, 0.05) is 44.7 Å². The molecule has 2 aromatic rings. The van der Waals surface area contributed by atoms with Crippen LogP contribution < -0.4 is 25.6 Å². The Balaban J connectivity index is 0.953. The lowest BCUT2D eigenvalue weighted by Gasteiger charge is -2.38. The van der Waals surface area contributed by atoms with Crippen LogP contribution in [0.2, 0.25) is 0 Å². The number of aliphatic hydroxyl groups is 1. The molecule has 5 heterocycles. The van der Waals surface area contributed by atoms with Crippen LogP contribution >= 0.6 is 0 Å². The molecule has 0 saturated carbocycles. The van der Waals surface area contributed by atoms with Crippen LogP contribution in [0.5, 0.6) is 5.88 Å². The van der Waals surface area contributed by atoms with Crippen molar-refractivity contribution in [1.29, 1.82) is 5.26 Å². The summed E-state index contributed by atoms with van der Waals surface area (Å²) < 4.78 is 11.2. The molecule has 1 aliphatic carbocycles. The number of rotatable bonds is 5. The van der Waals surface area contributed by atoms with E-state index < -0.39 is 23.8 Å². The number of β-amino-alcohol motifs (C(OH)–C–C–N with tert-alkyl or cyclic N) is 1. The summed E-state index contributed by atoms with van der Waals surface area (Å²) in [6, 6.07) is 5.57. The predicted molar refractivity (Wildman–Crippen MR) is 151 cm³/mol. The highest BCUT2D eigenvalue weighted by Crippen LogP contribution is 2.38. The first-order chi connectivity index (χ1) is 20.8. The van der Waals surface area contributed by atoms with Crippen LogP contribution in [0.3, 0.4) is 0 Å². The van der Waals surface area contributed by atoms with E-state index in [2.05, 4.69) is 36.9 Å². The van der Waals surface area contributed by atoms with Gasteiger partial charge in [-0.15, -0.1) is 0 Å². The van der Waals surface area contributed by atoms with Crippen molar-refractivity contribution < 1.29 is 29.0 Å². The Morgan fingerprint density at radius 1 is 1.26 bits per heavy atom. The topological polar surface area (TPSA) is 182 Å². The molecule has 1 aromatic heterocycles. The number of aromatic nitrogens is 2. The molecule has 1 aromatic carbocycles. The fourth-order valence-electron chi connectivity index (χ4n) is 6.83. The number of fused-ring (bicyclic) bond motifs is 2. The molecule has 7 rings (SSSR count). The molecule has 0 bridgehead atoms. The smallest absolute Gasteiger partial charge is 0.416 e. The Labute approximate surface area is 247 Å². The van der Waals surface area contributed by atoms with Crippen molar-refractivity contribution in [3.05, 3.63) is 35.0 Å². The van der Waals surface area contributed by atoms with Gasteiger partial charge >= 0.3 is 6.09 Å². The summed E-state index contributed by atoms with van der Waals surface area (Å²) in [5, 5.41) is 28.1. The van der Waals surface area contributed by atoms with E-state index in [1.807, 2.05) is 6.07 Å². The second-order valence-corrected chi connectivity index (χ2v) is 12.0. The highest BCUT2D eigenvalue weighted by Gasteiger charge is 2.48. The molecule has 3 unspecified atom stereocenters. The van der Waals surface area contributed by atoms with E-state index in [1.165, 1.54) is 11.1 Å². The third-order valence-electron chi connectivity index (χ3n) is 9.01. The van der Waals surface area contributed by atoms with Gasteiger partial charge < -0.3 is 35.4 Å². The lowest BCUT2D eigenvalue weighted by atomic mass is 9.90. The Bertz CT molecular complexity index is 1530. The van der Waals surface area contributed by atoms with E-state index in [0.29, 0.717) is 55.3 Å². The molecule has 224 valence electrons. The number of piperidine rings is 1. The molecule has 3 atom stereocenters. The van der Waals surface area contributed by atoms with Crippen molar-refractivity contribution in [3.8, 4) is 11.9 Å². The molecule has 14 heteroatoms. The first-order valence-corrected chi connectivity index (χ1v) is 14.6. The van der Waals surface area contributed by atoms with Crippen LogP contribution in [-0.4, -0.2) is 95.0 Å². The van der Waals surface area contributed by atoms with Gasteiger partial charge in [0.1, 0.15) is 5.60 Å². The minimum absolute atomic E-state index is 0.122. The van der Waals surface area contributed by atoms with Crippen LogP contribution in [0, 0.1) is 17.2 Å². The number of amides is 3. The molecule has 3 amide bonds. The van der Waals surface area contributed by atoms with Gasteiger partial charge in [0.25, 0.3) is 11.8 Å². The van der Waals surface area contributed by atoms with Crippen molar-refractivity contribution in [2.75, 3.05) is 54.9 Å². The molecule has 0 radical (unpaired) electrons. The predicted octanol–water partition coefficient (Wildman–Crippen LogP) is 0.547. The molecule has 3 saturated heterocycles. The highest BCUT2D eigenvalue weighted by molar-refractivity contribution is 5.96. The van der Waals surface area contributed by atoms with Gasteiger partial charge in [0.15, 0.2) is 18.2 Å². The SMILES string of the molecule is N#Cc1cc(NC(=O)C2CC(O)CN2)cc2c1CC(CN1CCC3(CC1)CN(c1cnc4c(n1)NC(=O)CO4)C(=O)O3)C2. The zero-order chi connectivity index (χ0) is 29.7. The number of nitrogens with one attached hydrogen (secondary N) is 3. The number of hydrogen-bond acceptors (Lipinski definition) is 11. The summed E-state index contributed by atoms with van der Waals surface area (Å²) in [6.07, 6.45) is 3.78. The summed E-state index contributed by atoms with van der Waals surface area (Å²) >= 11 is 0. The Kier molecular flexibility index (Phi) is 6.88. The van der Waals surface area contributed by atoms with Gasteiger partial charge in [-0.3, -0.25) is 14.5 Å². The third kappa shape index (κ3) is 5.35. The van der Waals surface area contributed by atoms with E-state index >= 15 is 0 Å². The monoisotopic (exact) mass is 588 g/mol. The first kappa shape index (κ1) is 27.5. The Hall–Kier alpha value is -4.32. The normalized spacial score (nSPS) is 25.9. The van der Waals surface area contributed by atoms with E-state index in [-0.39, 0.29) is 30.1 Å². The number of aliphatic hydroxyl groups excluding tert-OH is 1. The van der Waals surface area contributed by atoms with E-state index in [0.717, 1.165) is 43.6 Å². The van der Waals surface area contributed by atoms with E-state index in [4.69, 9.17) is 9.47 Å². The van der Waals surface area contributed by atoms with Gasteiger partial charge in [-0.05, 0) is 48.4 Å². The number of ether oxygens (including phenoxy) is 2. The summed E-state index contributed by atoms with van der Waals surface area (Å²) in [5.41, 5.74) is 2.70. The maximum atomic E-state index is 12.8. The number of hydrogen-bond donors (Lipinski definition) is 4. The first-order valence-electron chi connectivity index (χ1n) is 14.6. The number of nitrogens with zero attached hydrogens (tertiary/aromatic N) is 5. The van der Waals surface area contributed by atoms with Gasteiger partial charge in [-0.2, -0.15) is 5.26 Å². The van der Waals surface area contributed by atoms with Gasteiger partial charge in [0.05, 0.1) is 36.5 Å². The van der Waals surface area contributed by atoms with Crippen molar-refractivity contribution in [1.82, 2.24) is 20.2 Å². The van der Waals surface area contributed by atoms with Crippen LogP contribution in [-0.2, 0) is 27.2 Å². The largest absolute Gasteiger partial charge is 0.465 e. The van der Waals surface area contributed by atoms with Gasteiger partial charge in [-0.1, -0.05) is 0 Å². The average Bonchev–Trinajstić information content (AvgIpc) is 3.70. The fraction of sp³-hybridized carbons (Fsp3) is 0.517. The quantitative estimate of drug-likeness (QED) is 0.383. The fourth-order valence-corrected chi connectivity index (χ4v) is 6.83. The summed E-state index contributed by atoms with van der Waals surface area (Å²) in [5.74, 6) is 0.514. The zero-order valence-corrected chi connectivity index (χ0v) is 23.5. The number of carbonyl (C=O) groups is 3. The lowest BCUT2D eigenvalue weighted by molar-refractivity contribution is -0.119. The number of likely N-dealkylation sites (tertiary alicyclic amines) is 1. The number of carbonyl (C=O) groups excluding carboxylic acids is 3. The van der Waals surface area contributed by atoms with E-state index in [1.54, 1.807) is 6.07 Å². The minimum Gasteiger partial charge on any atom is -0.465 e. The molecule has 4 N–H and O–H groups in total. The van der Waals surface area contributed by atoms with Gasteiger partial charge in [0.2, 0.25) is 5.91 Å². The molecule has 5 aliphatic rings. The standard InChI is InChI=1S/C29H32N8O6/c30-10-18-8-19(33-26(40)22-9-20(38)11-31-22)7-17-5-16(6-21(17)18)13-36-3-1-29(2-4-36)15-37(28(41)43-29)23-12-32-27-25(34-23)35-24(39)14-42-27/h7-8,12,16,20,22,31,38H,1-6,9,11,13-15H2,(H,33,40)(H,34,35,39). The number of benzene rings is 1. The second-order valence-electron chi connectivity index (χ2n) is 12.0. The maximum Gasteiger partial charge on any atom is 0.416 e. The van der Waals surface area contributed by atoms with Crippen LogP contribution in [0.25, 0.3) is 0 Å². The number of nitriles is 1. The summed E-state index contributed by atoms with van der Waals surface area (Å²) in [7, 11) is 0. The lowest BCUT2D eigenvalue weighted by Crippen LogP contribution is -2.48. The molecule has 1 spiro atoms. The molecule has 3 fully saturated rings. The highest BCUT2D eigenvalue weighted by atomic mass is 16.6. The third-order valence-corrected chi connectivity index (χ3v) is 9.01. The van der Waals surface area contributed by atoms with Crippen molar-refractivity contribution in [2.24, 2.45) is 5.92 Å². The van der Waals surface area contributed by atoms with Crippen LogP contribution in [0.15, 0.2) is 18.3 Å². The molecule has 4 aliphatic heterocycles. The maximum absolute atomic E-state index is 12.8. The van der Waals surface area contributed by atoms with Crippen molar-refractivity contribution in [2.45, 2.75) is 49.9 Å². The molecule has 14 nitrogen and oxygen atoms in total. The van der Waals surface area contributed by atoms with Gasteiger partial charge in [-0.25, -0.2) is 14.8 Å². The zero-order valence-electron chi connectivity index (χ0n) is 23.5. The average molecular weight is 589 g/mol. The molecular weight excluding hydrogens is 556 g/mol. The summed E-state index contributed by atoms with van der Waals surface area (Å²) in [6.45, 7) is 3.01. The Morgan fingerprint density at radius 3 is 2.86 bits per heavy atom.